The molecule has 0 aliphatic rings. The van der Waals surface area contributed by atoms with E-state index in [9.17, 15) is 13.2 Å². The molecule has 1 heterocycles. The fourth-order valence-electron chi connectivity index (χ4n) is 3.58. The Morgan fingerprint density at radius 1 is 0.821 bits per heavy atom. The van der Waals surface area contributed by atoms with Gasteiger partial charge in [0, 0.05) is 17.4 Å². The van der Waals surface area contributed by atoms with Crippen molar-refractivity contribution in [2.75, 3.05) is 0 Å². The second-order valence-electron chi connectivity index (χ2n) is 6.64. The maximum atomic E-state index is 13.5. The summed E-state index contributed by atoms with van der Waals surface area (Å²) in [6, 6.07) is 25.1. The van der Waals surface area contributed by atoms with Crippen LogP contribution in [0, 0.1) is 0 Å². The van der Waals surface area contributed by atoms with Gasteiger partial charge in [-0.2, -0.15) is 0 Å². The summed E-state index contributed by atoms with van der Waals surface area (Å²) in [5.41, 5.74) is 2.41. The molecule has 0 amide bonds. The zero-order valence-electron chi connectivity index (χ0n) is 15.4. The van der Waals surface area contributed by atoms with Gasteiger partial charge in [-0.15, -0.1) is 0 Å². The third kappa shape index (κ3) is 3.04. The Kier molecular flexibility index (Phi) is 4.61. The number of benzene rings is 3. The first-order valence-electron chi connectivity index (χ1n) is 8.98. The average molecular weight is 389 g/mol. The lowest BCUT2D eigenvalue weighted by Crippen LogP contribution is -2.17. The van der Waals surface area contributed by atoms with Crippen LogP contribution in [0.5, 0.6) is 0 Å². The third-order valence-corrected chi connectivity index (χ3v) is 6.54. The first-order valence-corrected chi connectivity index (χ1v) is 10.4. The number of rotatable bonds is 5. The Hall–Kier alpha value is -3.18. The van der Waals surface area contributed by atoms with Crippen molar-refractivity contribution >= 4 is 26.7 Å². The van der Waals surface area contributed by atoms with Crippen molar-refractivity contribution in [1.29, 1.82) is 0 Å². The third-order valence-electron chi connectivity index (χ3n) is 4.77. The molecule has 140 valence electrons. The standard InChI is InChI=1S/C23H19NO3S/c1-17(25)23-20-14-8-9-15-21(20)24(22(23)16-18-10-4-2-5-11-18)28(26,27)19-12-6-3-7-13-19/h2-15H,16H2,1H3. The zero-order valence-corrected chi connectivity index (χ0v) is 16.2. The Labute approximate surface area is 164 Å². The van der Waals surface area contributed by atoms with Crippen LogP contribution in [0.3, 0.4) is 0 Å². The van der Waals surface area contributed by atoms with Crippen LogP contribution in [0.15, 0.2) is 89.8 Å². The summed E-state index contributed by atoms with van der Waals surface area (Å²) in [6.45, 7) is 1.48. The molecule has 4 nitrogen and oxygen atoms in total. The smallest absolute Gasteiger partial charge is 0.268 e. The number of hydrogen-bond acceptors (Lipinski definition) is 3. The Balaban J connectivity index is 2.07. The molecule has 1 aromatic heterocycles. The molecular weight excluding hydrogens is 370 g/mol. The zero-order chi connectivity index (χ0) is 19.7. The van der Waals surface area contributed by atoms with E-state index in [1.807, 2.05) is 36.4 Å². The summed E-state index contributed by atoms with van der Waals surface area (Å²) in [5, 5.41) is 0.653. The summed E-state index contributed by atoms with van der Waals surface area (Å²) >= 11 is 0. The van der Waals surface area contributed by atoms with Gasteiger partial charge in [0.05, 0.1) is 16.1 Å². The highest BCUT2D eigenvalue weighted by Crippen LogP contribution is 2.32. The monoisotopic (exact) mass is 389 g/mol. The van der Waals surface area contributed by atoms with E-state index in [0.29, 0.717) is 28.6 Å². The molecule has 28 heavy (non-hydrogen) atoms. The van der Waals surface area contributed by atoms with E-state index in [1.54, 1.807) is 48.5 Å². The second-order valence-corrected chi connectivity index (χ2v) is 8.43. The van der Waals surface area contributed by atoms with E-state index in [4.69, 9.17) is 0 Å². The molecule has 0 bridgehead atoms. The minimum Gasteiger partial charge on any atom is -0.294 e. The number of fused-ring (bicyclic) bond motifs is 1. The molecule has 0 fully saturated rings. The summed E-state index contributed by atoms with van der Waals surface area (Å²) in [4.78, 5) is 12.7. The van der Waals surface area contributed by atoms with E-state index < -0.39 is 10.0 Å². The normalized spacial score (nSPS) is 11.6. The molecule has 0 unspecified atom stereocenters. The number of para-hydroxylation sites is 1. The van der Waals surface area contributed by atoms with E-state index in [0.717, 1.165) is 5.56 Å². The minimum absolute atomic E-state index is 0.149. The van der Waals surface area contributed by atoms with Gasteiger partial charge in [-0.05, 0) is 30.7 Å². The lowest BCUT2D eigenvalue weighted by molar-refractivity contribution is 0.101. The van der Waals surface area contributed by atoms with E-state index in [1.165, 1.54) is 10.9 Å². The molecule has 3 aromatic carbocycles. The lowest BCUT2D eigenvalue weighted by Gasteiger charge is -2.13. The van der Waals surface area contributed by atoms with Crippen molar-refractivity contribution in [2.24, 2.45) is 0 Å². The number of carbonyl (C=O) groups excluding carboxylic acids is 1. The van der Waals surface area contributed by atoms with Gasteiger partial charge in [0.25, 0.3) is 10.0 Å². The number of hydrogen-bond donors (Lipinski definition) is 0. The van der Waals surface area contributed by atoms with Crippen LogP contribution >= 0.6 is 0 Å². The van der Waals surface area contributed by atoms with Gasteiger partial charge in [0.15, 0.2) is 5.78 Å². The molecule has 0 atom stereocenters. The van der Waals surface area contributed by atoms with Gasteiger partial charge < -0.3 is 0 Å². The van der Waals surface area contributed by atoms with Gasteiger partial charge in [-0.3, -0.25) is 4.79 Å². The molecule has 0 saturated heterocycles. The van der Waals surface area contributed by atoms with E-state index in [2.05, 4.69) is 0 Å². The first kappa shape index (κ1) is 18.2. The highest BCUT2D eigenvalue weighted by molar-refractivity contribution is 7.90. The van der Waals surface area contributed by atoms with Crippen molar-refractivity contribution in [1.82, 2.24) is 3.97 Å². The minimum atomic E-state index is -3.86. The topological polar surface area (TPSA) is 56.1 Å². The van der Waals surface area contributed by atoms with Crippen LogP contribution in [0.1, 0.15) is 28.5 Å². The largest absolute Gasteiger partial charge is 0.294 e. The Bertz CT molecular complexity index is 1260. The molecular formula is C23H19NO3S. The average Bonchev–Trinajstić information content (AvgIpc) is 3.04. The molecule has 0 N–H and O–H groups in total. The maximum Gasteiger partial charge on any atom is 0.268 e. The number of nitrogens with zero attached hydrogens (tertiary/aromatic N) is 1. The molecule has 0 radical (unpaired) electrons. The van der Waals surface area contributed by atoms with Crippen LogP contribution in [-0.2, 0) is 16.4 Å². The number of carbonyl (C=O) groups is 1. The van der Waals surface area contributed by atoms with Gasteiger partial charge in [0.1, 0.15) is 0 Å². The van der Waals surface area contributed by atoms with Gasteiger partial charge in [-0.25, -0.2) is 12.4 Å². The summed E-state index contributed by atoms with van der Waals surface area (Å²) in [6.07, 6.45) is 0.344. The Morgan fingerprint density at radius 2 is 1.39 bits per heavy atom. The van der Waals surface area contributed by atoms with E-state index in [-0.39, 0.29) is 10.7 Å². The van der Waals surface area contributed by atoms with Crippen molar-refractivity contribution < 1.29 is 13.2 Å². The predicted octanol–water partition coefficient (Wildman–Crippen LogP) is 4.67. The summed E-state index contributed by atoms with van der Waals surface area (Å²) < 4.78 is 28.4. The van der Waals surface area contributed by atoms with E-state index >= 15 is 0 Å². The molecule has 5 heteroatoms. The molecule has 0 spiro atoms. The molecule has 0 aliphatic carbocycles. The summed E-state index contributed by atoms with van der Waals surface area (Å²) in [5.74, 6) is -0.149. The van der Waals surface area contributed by atoms with Crippen LogP contribution in [-0.4, -0.2) is 18.2 Å². The Morgan fingerprint density at radius 3 is 2.04 bits per heavy atom. The van der Waals surface area contributed by atoms with Crippen LogP contribution in [0.25, 0.3) is 10.9 Å². The molecule has 0 aliphatic heterocycles. The number of ketones is 1. The van der Waals surface area contributed by atoms with Crippen molar-refractivity contribution in [3.05, 3.63) is 102 Å². The number of Topliss-reactive ketones (excluding diaryl/α,β-unsaturated/α-hetero) is 1. The number of aromatic nitrogens is 1. The second kappa shape index (κ2) is 7.09. The highest BCUT2D eigenvalue weighted by atomic mass is 32.2. The quantitative estimate of drug-likeness (QED) is 0.466. The predicted molar refractivity (Wildman–Crippen MR) is 110 cm³/mol. The molecule has 4 aromatic rings. The fraction of sp³-hybridized carbons (Fsp3) is 0.0870. The SMILES string of the molecule is CC(=O)c1c(Cc2ccccc2)n(S(=O)(=O)c2ccccc2)c2ccccc12. The van der Waals surface area contributed by atoms with Crippen LogP contribution < -0.4 is 0 Å². The fourth-order valence-corrected chi connectivity index (χ4v) is 5.16. The molecule has 0 saturated carbocycles. The van der Waals surface area contributed by atoms with Crippen LogP contribution in [0.4, 0.5) is 0 Å². The van der Waals surface area contributed by atoms with Crippen molar-refractivity contribution in [3.63, 3.8) is 0 Å². The van der Waals surface area contributed by atoms with Gasteiger partial charge in [-0.1, -0.05) is 66.7 Å². The lowest BCUT2D eigenvalue weighted by atomic mass is 10.0. The highest BCUT2D eigenvalue weighted by Gasteiger charge is 2.28. The summed E-state index contributed by atoms with van der Waals surface area (Å²) in [7, 11) is -3.86. The van der Waals surface area contributed by atoms with Crippen molar-refractivity contribution in [2.45, 2.75) is 18.2 Å². The maximum absolute atomic E-state index is 13.5. The van der Waals surface area contributed by atoms with Gasteiger partial charge in [0.2, 0.25) is 0 Å². The van der Waals surface area contributed by atoms with Crippen molar-refractivity contribution in [3.8, 4) is 0 Å². The first-order chi connectivity index (χ1) is 13.5. The van der Waals surface area contributed by atoms with Gasteiger partial charge >= 0.3 is 0 Å². The molecule has 4 rings (SSSR count). The van der Waals surface area contributed by atoms with Crippen LogP contribution in [0.2, 0.25) is 0 Å².